The molecule has 3 saturated heterocycles. The lowest BCUT2D eigenvalue weighted by molar-refractivity contribution is -0.313. The molecule has 9 heteroatoms. The van der Waals surface area contributed by atoms with Gasteiger partial charge in [0, 0.05) is 25.2 Å². The predicted octanol–water partition coefficient (Wildman–Crippen LogP) is 6.12. The minimum Gasteiger partial charge on any atom is -0.462 e. The molecule has 1 spiro atoms. The highest BCUT2D eigenvalue weighted by Crippen LogP contribution is 2.47. The van der Waals surface area contributed by atoms with E-state index in [1.807, 2.05) is 12.2 Å². The van der Waals surface area contributed by atoms with Gasteiger partial charge in [0.25, 0.3) is 0 Å². The standard InChI is InChI=1S/C38H55NO8/c1-9-22(2)16-26(6)34-27(7)32(39-43-8)20-37(47-34)19-30-18-29(46-37)14-13-24(4)15-23(3)11-10-12-28-21-44-35-33(40)25(5)17-31(36(41)45-30)38(28,35)42/h10-13,16-17,22-23,27,29-31,33-35,40,42H,9,14-15,18-21H2,1-8H3/b11-10?,24-13?,26-16+,28-12?,39-32+/t22?,23-,27-,29+,30-,31-,33+,34+,35+,37?,38+/m0/s1. The van der Waals surface area contributed by atoms with Crippen molar-refractivity contribution in [2.24, 2.45) is 28.8 Å². The molecule has 47 heavy (non-hydrogen) atoms. The number of rotatable bonds is 4. The molecule has 4 heterocycles. The van der Waals surface area contributed by atoms with E-state index >= 15 is 0 Å². The van der Waals surface area contributed by atoms with Crippen LogP contribution in [0.25, 0.3) is 0 Å². The summed E-state index contributed by atoms with van der Waals surface area (Å²) in [6.45, 7) is 14.7. The molecule has 1 aliphatic carbocycles. The molecule has 0 aromatic carbocycles. The molecule has 0 amide bonds. The summed E-state index contributed by atoms with van der Waals surface area (Å²) in [6.07, 6.45) is 12.5. The molecule has 4 aliphatic heterocycles. The molecule has 0 saturated carbocycles. The molecular weight excluding hydrogens is 598 g/mol. The van der Waals surface area contributed by atoms with Crippen molar-refractivity contribution in [2.75, 3.05) is 13.7 Å². The first-order chi connectivity index (χ1) is 22.3. The molecule has 5 rings (SSSR count). The number of aliphatic hydroxyl groups is 2. The average molecular weight is 654 g/mol. The summed E-state index contributed by atoms with van der Waals surface area (Å²) >= 11 is 0. The van der Waals surface area contributed by atoms with E-state index in [0.717, 1.165) is 24.1 Å². The molecular formula is C38H55NO8. The molecule has 9 nitrogen and oxygen atoms in total. The number of nitrogens with zero attached hydrogens (tertiary/aromatic N) is 1. The van der Waals surface area contributed by atoms with E-state index in [9.17, 15) is 15.0 Å². The maximum atomic E-state index is 14.2. The summed E-state index contributed by atoms with van der Waals surface area (Å²) < 4.78 is 26.1. The lowest BCUT2D eigenvalue weighted by Crippen LogP contribution is -2.59. The van der Waals surface area contributed by atoms with Gasteiger partial charge >= 0.3 is 5.97 Å². The Kier molecular flexibility index (Phi) is 11.0. The van der Waals surface area contributed by atoms with E-state index in [4.69, 9.17) is 23.8 Å². The minimum absolute atomic E-state index is 0.0337. The molecule has 260 valence electrons. The van der Waals surface area contributed by atoms with Crippen LogP contribution in [0.3, 0.4) is 0 Å². The summed E-state index contributed by atoms with van der Waals surface area (Å²) in [5.74, 6) is -2.10. The van der Waals surface area contributed by atoms with Crippen molar-refractivity contribution < 1.29 is 38.8 Å². The van der Waals surface area contributed by atoms with Crippen LogP contribution in [0.15, 0.2) is 63.9 Å². The van der Waals surface area contributed by atoms with Crippen molar-refractivity contribution >= 4 is 11.7 Å². The fourth-order valence-corrected chi connectivity index (χ4v) is 7.98. The third-order valence-corrected chi connectivity index (χ3v) is 10.7. The zero-order valence-corrected chi connectivity index (χ0v) is 29.4. The van der Waals surface area contributed by atoms with E-state index in [0.29, 0.717) is 42.7 Å². The molecule has 2 unspecified atom stereocenters. The molecule has 2 N–H and O–H groups in total. The zero-order valence-electron chi connectivity index (χ0n) is 29.4. The normalized spacial score (nSPS) is 41.5. The van der Waals surface area contributed by atoms with Gasteiger partial charge in [0.15, 0.2) is 5.79 Å². The van der Waals surface area contributed by atoms with Gasteiger partial charge in [-0.25, -0.2) is 0 Å². The fraction of sp³-hybridized carbons (Fsp3) is 0.684. The van der Waals surface area contributed by atoms with Crippen molar-refractivity contribution in [3.8, 4) is 0 Å². The summed E-state index contributed by atoms with van der Waals surface area (Å²) in [5, 5.41) is 27.6. The SMILES string of the molecule is CCC(C)/C=C(\C)[C@H]1OC2(C/C(=N\OC)[C@@H]1C)C[C@@H]1C[C@@H](CC=C(C)C[C@@H](C)C=CC=C3CO[C@@H]4[C@H](O)C(C)=C[C@@H](C(=O)O1)[C@]34O)O2. The summed E-state index contributed by atoms with van der Waals surface area (Å²) in [6, 6.07) is 0. The van der Waals surface area contributed by atoms with E-state index in [2.05, 4.69) is 64.9 Å². The van der Waals surface area contributed by atoms with Crippen LogP contribution in [-0.4, -0.2) is 77.5 Å². The first kappa shape index (κ1) is 35.7. The summed E-state index contributed by atoms with van der Waals surface area (Å²) in [4.78, 5) is 19.5. The Morgan fingerprint density at radius 2 is 2.00 bits per heavy atom. The Labute approximate surface area is 280 Å². The zero-order chi connectivity index (χ0) is 34.1. The summed E-state index contributed by atoms with van der Waals surface area (Å²) in [7, 11) is 1.55. The maximum absolute atomic E-state index is 14.2. The van der Waals surface area contributed by atoms with Crippen LogP contribution in [0.1, 0.15) is 87.0 Å². The number of carbonyl (C=O) groups is 1. The second-order valence-electron chi connectivity index (χ2n) is 14.6. The number of ether oxygens (including phenoxy) is 4. The summed E-state index contributed by atoms with van der Waals surface area (Å²) in [5.41, 5.74) is 2.57. The van der Waals surface area contributed by atoms with E-state index in [1.165, 1.54) is 5.57 Å². The highest BCUT2D eigenvalue weighted by molar-refractivity contribution is 5.88. The Morgan fingerprint density at radius 3 is 2.72 bits per heavy atom. The van der Waals surface area contributed by atoms with Crippen LogP contribution in [-0.2, 0) is 28.6 Å². The smallest absolute Gasteiger partial charge is 0.316 e. The van der Waals surface area contributed by atoms with Gasteiger partial charge in [-0.1, -0.05) is 81.3 Å². The number of aliphatic hydroxyl groups excluding tert-OH is 1. The Hall–Kier alpha value is -2.56. The highest BCUT2D eigenvalue weighted by Gasteiger charge is 2.60. The quantitative estimate of drug-likeness (QED) is 0.212. The first-order valence-corrected chi connectivity index (χ1v) is 17.4. The predicted molar refractivity (Wildman–Crippen MR) is 180 cm³/mol. The van der Waals surface area contributed by atoms with Crippen molar-refractivity contribution in [3.05, 3.63) is 58.7 Å². The Balaban J connectivity index is 1.55. The Morgan fingerprint density at radius 1 is 1.23 bits per heavy atom. The molecule has 11 atom stereocenters. The number of allylic oxidation sites excluding steroid dienone is 5. The number of hydrogen-bond donors (Lipinski definition) is 2. The largest absolute Gasteiger partial charge is 0.462 e. The number of esters is 1. The van der Waals surface area contributed by atoms with Crippen molar-refractivity contribution in [1.82, 2.24) is 0 Å². The average Bonchev–Trinajstić information content (AvgIpc) is 3.35. The van der Waals surface area contributed by atoms with Gasteiger partial charge in [0.05, 0.1) is 24.5 Å². The monoisotopic (exact) mass is 653 g/mol. The van der Waals surface area contributed by atoms with Gasteiger partial charge in [0.1, 0.15) is 36.9 Å². The van der Waals surface area contributed by atoms with Crippen LogP contribution in [0.4, 0.5) is 0 Å². The van der Waals surface area contributed by atoms with Crippen LogP contribution < -0.4 is 0 Å². The molecule has 5 aliphatic rings. The van der Waals surface area contributed by atoms with Crippen molar-refractivity contribution in [2.45, 2.75) is 129 Å². The third kappa shape index (κ3) is 7.39. The van der Waals surface area contributed by atoms with Gasteiger partial charge < -0.3 is 34.0 Å². The molecule has 0 radical (unpaired) electrons. The molecule has 0 aromatic rings. The third-order valence-electron chi connectivity index (χ3n) is 10.7. The molecule has 3 fully saturated rings. The second-order valence-corrected chi connectivity index (χ2v) is 14.6. The van der Waals surface area contributed by atoms with Crippen LogP contribution in [0, 0.1) is 23.7 Å². The number of carbonyl (C=O) groups excluding carboxylic acids is 1. The fourth-order valence-electron chi connectivity index (χ4n) is 7.98. The second kappa shape index (κ2) is 14.5. The molecule has 2 bridgehead atoms. The number of hydrogen-bond acceptors (Lipinski definition) is 9. The topological polar surface area (TPSA) is 116 Å². The van der Waals surface area contributed by atoms with Gasteiger partial charge in [-0.15, -0.1) is 0 Å². The number of fused-ring (bicyclic) bond motifs is 2. The maximum Gasteiger partial charge on any atom is 0.316 e. The minimum atomic E-state index is -1.74. The Bertz CT molecular complexity index is 1360. The van der Waals surface area contributed by atoms with E-state index < -0.39 is 41.6 Å². The van der Waals surface area contributed by atoms with Crippen molar-refractivity contribution in [1.29, 1.82) is 0 Å². The number of oxime groups is 1. The highest BCUT2D eigenvalue weighted by atomic mass is 16.7. The molecule has 0 aromatic heterocycles. The van der Waals surface area contributed by atoms with Gasteiger partial charge in [-0.3, -0.25) is 4.79 Å². The van der Waals surface area contributed by atoms with Crippen LogP contribution >= 0.6 is 0 Å². The lowest BCUT2D eigenvalue weighted by Gasteiger charge is -2.50. The van der Waals surface area contributed by atoms with Gasteiger partial charge in [0.2, 0.25) is 0 Å². The van der Waals surface area contributed by atoms with E-state index in [-0.39, 0.29) is 30.7 Å². The van der Waals surface area contributed by atoms with Crippen molar-refractivity contribution in [3.63, 3.8) is 0 Å². The lowest BCUT2D eigenvalue weighted by atomic mass is 9.71. The first-order valence-electron chi connectivity index (χ1n) is 17.4. The van der Waals surface area contributed by atoms with Gasteiger partial charge in [-0.2, -0.15) is 0 Å². The van der Waals surface area contributed by atoms with Crippen LogP contribution in [0.5, 0.6) is 0 Å². The van der Waals surface area contributed by atoms with E-state index in [1.54, 1.807) is 20.1 Å². The van der Waals surface area contributed by atoms with Crippen LogP contribution in [0.2, 0.25) is 0 Å². The van der Waals surface area contributed by atoms with Gasteiger partial charge in [-0.05, 0) is 62.2 Å².